The summed E-state index contributed by atoms with van der Waals surface area (Å²) in [6.45, 7) is 2.31. The van der Waals surface area contributed by atoms with Crippen LogP contribution in [0.3, 0.4) is 0 Å². The van der Waals surface area contributed by atoms with Crippen LogP contribution in [0.1, 0.15) is 30.9 Å². The molecule has 0 fully saturated rings. The molecule has 1 aromatic carbocycles. The average Bonchev–Trinajstić information content (AvgIpc) is 2.62. The normalized spacial score (nSPS) is 28.5. The minimum Gasteiger partial charge on any atom is -0.493 e. The van der Waals surface area contributed by atoms with Crippen LogP contribution in [-0.4, -0.2) is 30.7 Å². The number of nitro groups is 1. The molecule has 7 heteroatoms. The number of carbonyl (C=O) groups excluding carboxylic acids is 1. The second-order valence-electron chi connectivity index (χ2n) is 6.69. The molecule has 26 heavy (non-hydrogen) atoms. The molecule has 0 radical (unpaired) electrons. The Balaban J connectivity index is 2.02. The molecule has 0 saturated heterocycles. The lowest BCUT2D eigenvalue weighted by atomic mass is 9.58. The van der Waals surface area contributed by atoms with Gasteiger partial charge < -0.3 is 14.2 Å². The van der Waals surface area contributed by atoms with Crippen molar-refractivity contribution in [3.8, 4) is 11.5 Å². The summed E-state index contributed by atoms with van der Waals surface area (Å²) in [5.41, 5.74) is 0.899. The van der Waals surface area contributed by atoms with Gasteiger partial charge in [-0.2, -0.15) is 0 Å². The molecule has 0 amide bonds. The number of benzene rings is 1. The van der Waals surface area contributed by atoms with Crippen LogP contribution in [0.2, 0.25) is 0 Å². The lowest BCUT2D eigenvalue weighted by Crippen LogP contribution is -2.49. The number of carbonyl (C=O) groups is 1. The molecule has 136 valence electrons. The van der Waals surface area contributed by atoms with Gasteiger partial charge in [0.05, 0.1) is 18.0 Å². The van der Waals surface area contributed by atoms with Crippen molar-refractivity contribution in [1.82, 2.24) is 0 Å². The van der Waals surface area contributed by atoms with E-state index in [4.69, 9.17) is 14.2 Å². The van der Waals surface area contributed by atoms with Crippen molar-refractivity contribution in [2.24, 2.45) is 5.92 Å². The molecule has 3 atom stereocenters. The zero-order valence-electron chi connectivity index (χ0n) is 14.6. The Kier molecular flexibility index (Phi) is 3.84. The predicted octanol–water partition coefficient (Wildman–Crippen LogP) is 2.85. The van der Waals surface area contributed by atoms with Crippen molar-refractivity contribution >= 4 is 11.9 Å². The first-order valence-corrected chi connectivity index (χ1v) is 8.58. The summed E-state index contributed by atoms with van der Waals surface area (Å²) in [4.78, 5) is 23.4. The van der Waals surface area contributed by atoms with Crippen LogP contribution in [0.5, 0.6) is 11.5 Å². The molecule has 7 nitrogen and oxygen atoms in total. The van der Waals surface area contributed by atoms with E-state index in [9.17, 15) is 14.9 Å². The largest absolute Gasteiger partial charge is 0.493 e. The van der Waals surface area contributed by atoms with E-state index in [1.54, 1.807) is 31.4 Å². The monoisotopic (exact) mass is 357 g/mol. The first kappa shape index (κ1) is 16.8. The highest BCUT2D eigenvalue weighted by molar-refractivity contribution is 5.92. The summed E-state index contributed by atoms with van der Waals surface area (Å²) in [6.07, 6.45) is 4.82. The van der Waals surface area contributed by atoms with E-state index in [2.05, 4.69) is 0 Å². The number of methoxy groups -OCH3 is 1. The Labute approximate surface area is 150 Å². The van der Waals surface area contributed by atoms with Gasteiger partial charge in [0.2, 0.25) is 6.29 Å². The Hall–Kier alpha value is -2.67. The van der Waals surface area contributed by atoms with Crippen molar-refractivity contribution in [2.75, 3.05) is 13.7 Å². The molecular formula is C19H19NO6. The molecular weight excluding hydrogens is 338 g/mol. The second-order valence-corrected chi connectivity index (χ2v) is 6.69. The summed E-state index contributed by atoms with van der Waals surface area (Å²) < 4.78 is 17.2. The molecule has 0 unspecified atom stereocenters. The summed E-state index contributed by atoms with van der Waals surface area (Å²) >= 11 is 0. The number of nitrogens with zero attached hydrogens (tertiary/aromatic N) is 1. The Bertz CT molecular complexity index is 858. The Morgan fingerprint density at radius 1 is 1.42 bits per heavy atom. The fourth-order valence-electron chi connectivity index (χ4n) is 4.37. The van der Waals surface area contributed by atoms with Crippen molar-refractivity contribution in [1.29, 1.82) is 0 Å². The van der Waals surface area contributed by atoms with Crippen LogP contribution < -0.4 is 9.47 Å². The molecule has 1 spiro atoms. The highest BCUT2D eigenvalue weighted by Crippen LogP contribution is 2.58. The third-order valence-corrected chi connectivity index (χ3v) is 5.41. The highest BCUT2D eigenvalue weighted by Gasteiger charge is 2.56. The van der Waals surface area contributed by atoms with Gasteiger partial charge in [0.15, 0.2) is 17.3 Å². The van der Waals surface area contributed by atoms with Crippen molar-refractivity contribution < 1.29 is 23.9 Å². The van der Waals surface area contributed by atoms with E-state index in [-0.39, 0.29) is 22.8 Å². The van der Waals surface area contributed by atoms with Crippen molar-refractivity contribution in [3.63, 3.8) is 0 Å². The molecule has 3 aliphatic rings. The van der Waals surface area contributed by atoms with Gasteiger partial charge >= 0.3 is 0 Å². The molecule has 0 aromatic heterocycles. The van der Waals surface area contributed by atoms with E-state index >= 15 is 0 Å². The maximum absolute atomic E-state index is 12.1. The first-order valence-electron chi connectivity index (χ1n) is 8.58. The van der Waals surface area contributed by atoms with Gasteiger partial charge in [-0.05, 0) is 24.6 Å². The molecule has 0 saturated carbocycles. The van der Waals surface area contributed by atoms with Crippen molar-refractivity contribution in [2.45, 2.75) is 31.5 Å². The standard InChI is InChI=1S/C19H19NO6/c1-3-25-16-10-19-7-6-12(21)9-13(19)14(20(22)23)8-11-4-5-15(24-2)18(26-16)17(11)19/h4-8,13,16H,3,9-10H2,1-2H3/t13-,16-,19+/m1/s1. The zero-order valence-corrected chi connectivity index (χ0v) is 14.6. The molecule has 2 aliphatic carbocycles. The topological polar surface area (TPSA) is 87.9 Å². The lowest BCUT2D eigenvalue weighted by Gasteiger charge is -2.47. The Morgan fingerprint density at radius 2 is 2.23 bits per heavy atom. The van der Waals surface area contributed by atoms with E-state index in [1.807, 2.05) is 6.92 Å². The molecule has 1 aromatic rings. The van der Waals surface area contributed by atoms with Crippen molar-refractivity contribution in [3.05, 3.63) is 51.2 Å². The van der Waals surface area contributed by atoms with Crippen LogP contribution in [0.25, 0.3) is 6.08 Å². The van der Waals surface area contributed by atoms with Gasteiger partial charge in [-0.15, -0.1) is 0 Å². The van der Waals surface area contributed by atoms with Crippen LogP contribution in [0.4, 0.5) is 0 Å². The maximum atomic E-state index is 12.1. The summed E-state index contributed by atoms with van der Waals surface area (Å²) in [5, 5.41) is 11.7. The van der Waals surface area contributed by atoms with Crippen LogP contribution in [0, 0.1) is 16.0 Å². The highest BCUT2D eigenvalue weighted by atomic mass is 16.7. The van der Waals surface area contributed by atoms with Gasteiger partial charge in [-0.3, -0.25) is 14.9 Å². The quantitative estimate of drug-likeness (QED) is 0.608. The summed E-state index contributed by atoms with van der Waals surface area (Å²) in [5.74, 6) is 0.424. The number of rotatable bonds is 4. The van der Waals surface area contributed by atoms with Gasteiger partial charge in [0, 0.05) is 36.5 Å². The molecule has 1 heterocycles. The minimum absolute atomic E-state index is 0.0588. The van der Waals surface area contributed by atoms with Gasteiger partial charge in [0.1, 0.15) is 0 Å². The SMILES string of the molecule is CCO[C@H]1C[C@@]23C=CC(=O)C[C@@H]2C([N+](=O)[O-])=Cc2ccc(OC)c(c23)O1. The summed E-state index contributed by atoms with van der Waals surface area (Å²) in [7, 11) is 1.55. The van der Waals surface area contributed by atoms with Crippen LogP contribution >= 0.6 is 0 Å². The second kappa shape index (κ2) is 5.95. The lowest BCUT2D eigenvalue weighted by molar-refractivity contribution is -0.434. The fourth-order valence-corrected chi connectivity index (χ4v) is 4.37. The van der Waals surface area contributed by atoms with Gasteiger partial charge in [0.25, 0.3) is 5.70 Å². The van der Waals surface area contributed by atoms with E-state index in [0.717, 1.165) is 11.1 Å². The number of ether oxygens (including phenoxy) is 3. The van der Waals surface area contributed by atoms with Crippen LogP contribution in [0.15, 0.2) is 30.0 Å². The number of hydrogen-bond donors (Lipinski definition) is 0. The fraction of sp³-hybridized carbons (Fsp3) is 0.421. The van der Waals surface area contributed by atoms with E-state index < -0.39 is 17.6 Å². The average molecular weight is 357 g/mol. The number of allylic oxidation sites excluding steroid dienone is 3. The third-order valence-electron chi connectivity index (χ3n) is 5.41. The Morgan fingerprint density at radius 3 is 2.92 bits per heavy atom. The van der Waals surface area contributed by atoms with Gasteiger partial charge in [-0.25, -0.2) is 0 Å². The molecule has 0 N–H and O–H groups in total. The smallest absolute Gasteiger partial charge is 0.251 e. The molecule has 4 rings (SSSR count). The zero-order chi connectivity index (χ0) is 18.5. The number of ketones is 1. The van der Waals surface area contributed by atoms with Crippen LogP contribution in [-0.2, 0) is 14.9 Å². The first-order chi connectivity index (χ1) is 12.5. The maximum Gasteiger partial charge on any atom is 0.251 e. The third kappa shape index (κ3) is 2.27. The van der Waals surface area contributed by atoms with E-state index in [1.165, 1.54) is 6.08 Å². The number of hydrogen-bond acceptors (Lipinski definition) is 6. The molecule has 0 bridgehead atoms. The van der Waals surface area contributed by atoms with E-state index in [0.29, 0.717) is 24.5 Å². The molecule has 1 aliphatic heterocycles. The van der Waals surface area contributed by atoms with Gasteiger partial charge in [-0.1, -0.05) is 12.1 Å². The predicted molar refractivity (Wildman–Crippen MR) is 92.6 cm³/mol. The minimum atomic E-state index is -0.720. The summed E-state index contributed by atoms with van der Waals surface area (Å²) in [6, 6.07) is 3.54.